The number of aliphatic hydroxyl groups is 1. The van der Waals surface area contributed by atoms with Crippen LogP contribution in [0.25, 0.3) is 92.0 Å². The number of carbonyl (C=O) groups is 1. The van der Waals surface area contributed by atoms with Crippen molar-refractivity contribution >= 4 is 164 Å². The summed E-state index contributed by atoms with van der Waals surface area (Å²) in [4.78, 5) is 60.0. The van der Waals surface area contributed by atoms with Crippen LogP contribution in [0, 0.1) is 13.8 Å². The van der Waals surface area contributed by atoms with E-state index in [2.05, 4.69) is 44.9 Å². The van der Waals surface area contributed by atoms with Gasteiger partial charge in [0.25, 0.3) is 0 Å². The van der Waals surface area contributed by atoms with Crippen molar-refractivity contribution < 1.29 is 74.7 Å². The number of benzene rings is 5. The Bertz CT molecular complexity index is 4950. The Labute approximate surface area is 617 Å². The number of phenolic OH excluding ortho intramolecular Hbond substituents is 2. The summed E-state index contributed by atoms with van der Waals surface area (Å²) < 4.78 is 75.6. The Balaban J connectivity index is 0.000000161. The lowest BCUT2D eigenvalue weighted by Gasteiger charge is -2.04. The largest absolute Gasteiger partial charge is 0.508 e. The van der Waals surface area contributed by atoms with Gasteiger partial charge in [-0.05, 0) is 78.9 Å². The highest BCUT2D eigenvalue weighted by molar-refractivity contribution is 7.17. The summed E-state index contributed by atoms with van der Waals surface area (Å²) in [5.74, 6) is 5.17. The van der Waals surface area contributed by atoms with Gasteiger partial charge in [-0.15, -0.1) is 0 Å². The smallest absolute Gasteiger partial charge is 0.220 e. The third-order valence-electron chi connectivity index (χ3n) is 13.1. The SMILES string of the molecule is CN(C)c1ncc(/C=C/c2nc3ccc(O)cc3o2)s1.CN(C)c1ncc(/C=C/c2nc3ccc(OCCF)cc3o2)s1.CN(C)c1ncc(C=O)s1.COCOc1ccc2nc(/C=C/c3cnc(N(C)C)s3)oc2c1.COCOc1ccc2nc(C)oc2c1.Cc1nc2ccc(O)cc2o1.OCCF. The topological polar surface area (TPSA) is 319 Å². The molecule has 0 saturated carbocycles. The van der Waals surface area contributed by atoms with Crippen LogP contribution >= 0.6 is 45.3 Å². The second-order valence-electron chi connectivity index (χ2n) is 22.2. The minimum absolute atomic E-state index is 0.0337. The van der Waals surface area contributed by atoms with E-state index in [0.29, 0.717) is 68.2 Å². The molecule has 0 unspecified atom stereocenters. The molecule has 0 atom stereocenters. The maximum absolute atomic E-state index is 12.1. The number of alkyl halides is 2. The maximum atomic E-state index is 12.1. The van der Waals surface area contributed by atoms with Crippen LogP contribution in [-0.2, 0) is 9.47 Å². The first-order valence-corrected chi connectivity index (χ1v) is 34.8. The first-order valence-electron chi connectivity index (χ1n) is 31.6. The van der Waals surface area contributed by atoms with E-state index in [1.807, 2.05) is 150 Å². The van der Waals surface area contributed by atoms with E-state index < -0.39 is 13.3 Å². The number of aryl methyl sites for hydroxylation is 2. The molecule has 33 heteroatoms. The Morgan fingerprint density at radius 2 is 0.724 bits per heavy atom. The summed E-state index contributed by atoms with van der Waals surface area (Å²) in [5.41, 5.74) is 7.08. The molecule has 0 aliphatic rings. The third-order valence-corrected chi connectivity index (χ3v) is 17.5. The van der Waals surface area contributed by atoms with Crippen molar-refractivity contribution in [2.75, 3.05) is 130 Å². The molecule has 9 heterocycles. The molecular formula is C72H77F2N13O14S4. The average molecular weight is 1510 g/mol. The number of hydrogen-bond donors (Lipinski definition) is 3. The highest BCUT2D eigenvalue weighted by Crippen LogP contribution is 2.30. The molecule has 0 amide bonds. The summed E-state index contributed by atoms with van der Waals surface area (Å²) in [5, 5.41) is 29.7. The van der Waals surface area contributed by atoms with Crippen LogP contribution in [0.2, 0.25) is 0 Å². The number of aromatic hydroxyl groups is 2. The van der Waals surface area contributed by atoms with Crippen molar-refractivity contribution in [3.63, 3.8) is 0 Å². The van der Waals surface area contributed by atoms with Crippen molar-refractivity contribution in [1.82, 2.24) is 44.9 Å². The van der Waals surface area contributed by atoms with Gasteiger partial charge in [-0.1, -0.05) is 45.3 Å². The lowest BCUT2D eigenvalue weighted by molar-refractivity contribution is 0.0510. The molecule has 0 saturated heterocycles. The van der Waals surface area contributed by atoms with Crippen molar-refractivity contribution in [2.24, 2.45) is 0 Å². The monoisotopic (exact) mass is 1510 g/mol. The number of phenols is 2. The summed E-state index contributed by atoms with van der Waals surface area (Å²) in [6.07, 6.45) is 19.0. The van der Waals surface area contributed by atoms with Crippen LogP contribution in [0.5, 0.6) is 28.7 Å². The number of thiazole rings is 4. The number of aldehydes is 1. The maximum Gasteiger partial charge on any atom is 0.220 e. The van der Waals surface area contributed by atoms with Crippen molar-refractivity contribution in [3.8, 4) is 28.7 Å². The fourth-order valence-corrected chi connectivity index (χ4v) is 11.3. The number of aliphatic hydroxyl groups excluding tert-OH is 1. The van der Waals surface area contributed by atoms with Gasteiger partial charge in [-0.2, -0.15) is 0 Å². The molecule has 5 aromatic carbocycles. The lowest BCUT2D eigenvalue weighted by Crippen LogP contribution is -2.07. The van der Waals surface area contributed by atoms with E-state index in [1.54, 1.807) is 140 Å². The minimum atomic E-state index is -0.625. The van der Waals surface area contributed by atoms with Crippen molar-refractivity contribution in [2.45, 2.75) is 13.8 Å². The lowest BCUT2D eigenvalue weighted by atomic mass is 10.3. The second-order valence-corrected chi connectivity index (χ2v) is 26.4. The zero-order chi connectivity index (χ0) is 75.4. The molecule has 0 bridgehead atoms. The molecule has 14 aromatic rings. The van der Waals surface area contributed by atoms with Gasteiger partial charge >= 0.3 is 0 Å². The fraction of sp³-hybridized carbons (Fsp3) is 0.250. The van der Waals surface area contributed by atoms with E-state index >= 15 is 0 Å². The van der Waals surface area contributed by atoms with Crippen LogP contribution in [0.4, 0.5) is 29.3 Å². The zero-order valence-electron chi connectivity index (χ0n) is 59.3. The van der Waals surface area contributed by atoms with Gasteiger partial charge in [-0.25, -0.2) is 53.6 Å². The zero-order valence-corrected chi connectivity index (χ0v) is 62.6. The number of halogens is 2. The predicted octanol–water partition coefficient (Wildman–Crippen LogP) is 15.5. The minimum Gasteiger partial charge on any atom is -0.508 e. The standard InChI is InChI=1S/C16H16FN3O2S.C16H17N3O3S.C14H13N3O2S.C10H11NO3.C8H7NO2.C6H8N2OS.C2H5FO/c1-20(2)16-18-10-12(23-16)4-6-15-19-13-5-3-11(21-8-7-17)9-14(13)22-15;1-19(2)16-17-9-12(23-16)5-7-15-18-13-6-4-11(21-10-20-3)8-14(13)22-15;1-17(2)14-15-8-10(20-14)4-6-13-16-11-5-3-9(18)7-12(11)19-13;1-7-11-9-4-3-8(13-6-12-2)5-10(9)14-7;1-5-9-7-3-2-6(10)4-8(7)11-5;1-8(2)6-7-3-5(4-9)10-6;3-1-2-4/h3-6,9-10H,7-8H2,1-2H3;4-9H,10H2,1-3H3;3-8,18H,1-2H3;3-5H,6H2,1-2H3;2-4,10H,1H3;3-4H,1-2H3;4H,1-2H2/b6-4+;7-5+;6-4+;;;;. The number of hydrogen-bond acceptors (Lipinski definition) is 31. The van der Waals surface area contributed by atoms with Crippen LogP contribution in [0.15, 0.2) is 138 Å². The van der Waals surface area contributed by atoms with Crippen molar-refractivity contribution in [1.29, 1.82) is 0 Å². The number of carbonyl (C=O) groups excluding carboxylic acids is 1. The molecule has 0 aliphatic carbocycles. The van der Waals surface area contributed by atoms with E-state index in [9.17, 15) is 18.7 Å². The number of anilines is 4. The average Bonchev–Trinajstić information content (AvgIpc) is 1.71. The number of ether oxygens (including phenoxy) is 5. The number of oxazole rings is 5. The molecule has 105 heavy (non-hydrogen) atoms. The van der Waals surface area contributed by atoms with Gasteiger partial charge < -0.3 is 80.7 Å². The van der Waals surface area contributed by atoms with Crippen LogP contribution < -0.4 is 33.8 Å². The number of methoxy groups -OCH3 is 2. The third kappa shape index (κ3) is 24.8. The molecule has 552 valence electrons. The Kier molecular flexibility index (Phi) is 30.3. The van der Waals surface area contributed by atoms with Gasteiger partial charge in [-0.3, -0.25) is 4.79 Å². The van der Waals surface area contributed by atoms with Gasteiger partial charge in [0, 0.05) is 166 Å². The molecule has 0 fully saturated rings. The van der Waals surface area contributed by atoms with Gasteiger partial charge in [0.15, 0.2) is 80.1 Å². The molecule has 9 aromatic heterocycles. The number of fused-ring (bicyclic) bond motifs is 5. The Morgan fingerprint density at radius 1 is 0.419 bits per heavy atom. The Hall–Kier alpha value is -11.2. The molecule has 0 spiro atoms. The summed E-state index contributed by atoms with van der Waals surface area (Å²) in [6, 6.07) is 26.0. The van der Waals surface area contributed by atoms with Crippen LogP contribution in [-0.4, -0.2) is 177 Å². The molecule has 0 aliphatic heterocycles. The van der Waals surface area contributed by atoms with Gasteiger partial charge in [0.05, 0.1) is 17.7 Å². The van der Waals surface area contributed by atoms with E-state index in [1.165, 1.54) is 11.3 Å². The normalized spacial score (nSPS) is 10.9. The van der Waals surface area contributed by atoms with E-state index in [0.717, 1.165) is 80.4 Å². The molecular weight excluding hydrogens is 1440 g/mol. The van der Waals surface area contributed by atoms with E-state index in [4.69, 9.17) is 56.0 Å². The first kappa shape index (κ1) is 79.5. The van der Waals surface area contributed by atoms with Crippen molar-refractivity contribution in [3.05, 3.63) is 165 Å². The summed E-state index contributed by atoms with van der Waals surface area (Å²) >= 11 is 6.16. The van der Waals surface area contributed by atoms with Gasteiger partial charge in [0.1, 0.15) is 76.3 Å². The molecule has 14 rings (SSSR count). The van der Waals surface area contributed by atoms with E-state index in [-0.39, 0.29) is 38.3 Å². The highest BCUT2D eigenvalue weighted by atomic mass is 32.1. The predicted molar refractivity (Wildman–Crippen MR) is 410 cm³/mol. The summed E-state index contributed by atoms with van der Waals surface area (Å²) in [7, 11) is 18.7. The number of nitrogens with zero attached hydrogens (tertiary/aromatic N) is 13. The van der Waals surface area contributed by atoms with Crippen LogP contribution in [0.1, 0.15) is 53.8 Å². The summed E-state index contributed by atoms with van der Waals surface area (Å²) in [6.45, 7) is 2.57. The number of rotatable bonds is 21. The highest BCUT2D eigenvalue weighted by Gasteiger charge is 2.12. The quantitative estimate of drug-likeness (QED) is 0.0444. The van der Waals surface area contributed by atoms with Gasteiger partial charge in [0.2, 0.25) is 17.7 Å². The first-order chi connectivity index (χ1) is 50.6. The Morgan fingerprint density at radius 3 is 1.04 bits per heavy atom. The number of aromatic nitrogens is 9. The van der Waals surface area contributed by atoms with Crippen LogP contribution in [0.3, 0.4) is 0 Å². The molecule has 27 nitrogen and oxygen atoms in total. The molecule has 0 radical (unpaired) electrons. The fourth-order valence-electron chi connectivity index (χ4n) is 8.40. The molecule has 3 N–H and O–H groups in total. The second kappa shape index (κ2) is 40.0.